The van der Waals surface area contributed by atoms with E-state index in [-0.39, 0.29) is 11.5 Å². The van der Waals surface area contributed by atoms with Crippen LogP contribution in [0, 0.1) is 0 Å². The lowest BCUT2D eigenvalue weighted by atomic mass is 10.0. The lowest BCUT2D eigenvalue weighted by Crippen LogP contribution is -2.03. The number of carboxylic acids is 1. The third-order valence-electron chi connectivity index (χ3n) is 3.11. The number of carbonyl (C=O) groups is 2. The van der Waals surface area contributed by atoms with Gasteiger partial charge in [-0.2, -0.15) is 0 Å². The summed E-state index contributed by atoms with van der Waals surface area (Å²) in [4.78, 5) is 23.5. The topological polar surface area (TPSA) is 63.6 Å². The molecule has 0 spiro atoms. The van der Waals surface area contributed by atoms with Gasteiger partial charge in [0.2, 0.25) is 0 Å². The molecule has 0 unspecified atom stereocenters. The van der Waals surface area contributed by atoms with Crippen LogP contribution in [0.1, 0.15) is 18.9 Å². The van der Waals surface area contributed by atoms with Crippen LogP contribution in [0.3, 0.4) is 0 Å². The number of hydrogen-bond donors (Lipinski definition) is 1. The molecule has 2 aromatic carbocycles. The molecule has 0 aliphatic heterocycles. The Kier molecular flexibility index (Phi) is 4.85. The Morgan fingerprint density at radius 2 is 2.00 bits per heavy atom. The Labute approximate surface area is 127 Å². The lowest BCUT2D eigenvalue weighted by Gasteiger charge is -2.11. The second-order valence-corrected chi connectivity index (χ2v) is 5.61. The Bertz CT molecular complexity index is 694. The minimum absolute atomic E-state index is 0.0185. The quantitative estimate of drug-likeness (QED) is 0.856. The molecule has 0 saturated carbocycles. The average Bonchev–Trinajstić information content (AvgIpc) is 2.48. The Hall–Kier alpha value is -2.01. The van der Waals surface area contributed by atoms with Gasteiger partial charge in [-0.25, -0.2) is 0 Å². The molecule has 4 nitrogen and oxygen atoms in total. The van der Waals surface area contributed by atoms with Crippen LogP contribution in [-0.4, -0.2) is 23.3 Å². The number of ether oxygens (including phenoxy) is 1. The van der Waals surface area contributed by atoms with E-state index in [1.807, 2.05) is 24.3 Å². The number of fused-ring (bicyclic) bond motifs is 1. The molecular weight excluding hydrogens is 288 g/mol. The minimum Gasteiger partial charge on any atom is -0.497 e. The van der Waals surface area contributed by atoms with E-state index in [4.69, 9.17) is 9.84 Å². The predicted octanol–water partition coefficient (Wildman–Crippen LogP) is 3.50. The van der Waals surface area contributed by atoms with E-state index < -0.39 is 5.97 Å². The molecule has 0 aliphatic rings. The fourth-order valence-electron chi connectivity index (χ4n) is 2.06. The normalized spacial score (nSPS) is 10.6. The molecule has 0 aliphatic carbocycles. The fourth-order valence-corrected chi connectivity index (χ4v) is 3.00. The second kappa shape index (κ2) is 6.63. The maximum absolute atomic E-state index is 11.8. The number of benzene rings is 2. The molecule has 0 atom stereocenters. The second-order valence-electron chi connectivity index (χ2n) is 4.54. The molecular formula is C16H16O4S. The number of thioether (sulfide) groups is 1. The van der Waals surface area contributed by atoms with Gasteiger partial charge in [0.1, 0.15) is 5.75 Å². The van der Waals surface area contributed by atoms with Gasteiger partial charge in [-0.1, -0.05) is 30.8 Å². The van der Waals surface area contributed by atoms with Gasteiger partial charge in [-0.3, -0.25) is 9.59 Å². The fraction of sp³-hybridized carbons (Fsp3) is 0.250. The molecule has 2 rings (SSSR count). The first kappa shape index (κ1) is 15.4. The smallest absolute Gasteiger partial charge is 0.307 e. The zero-order valence-electron chi connectivity index (χ0n) is 11.9. The van der Waals surface area contributed by atoms with Gasteiger partial charge in [-0.05, 0) is 34.5 Å². The van der Waals surface area contributed by atoms with E-state index in [1.54, 1.807) is 20.1 Å². The Morgan fingerprint density at radius 3 is 2.62 bits per heavy atom. The van der Waals surface area contributed by atoms with Crippen molar-refractivity contribution in [1.29, 1.82) is 0 Å². The average molecular weight is 304 g/mol. The molecule has 1 N–H and O–H groups in total. The molecule has 5 heteroatoms. The highest BCUT2D eigenvalue weighted by Gasteiger charge is 2.14. The third-order valence-corrected chi connectivity index (χ3v) is 4.31. The van der Waals surface area contributed by atoms with Crippen molar-refractivity contribution >= 4 is 33.6 Å². The summed E-state index contributed by atoms with van der Waals surface area (Å²) in [5.74, 6) is -0.181. The van der Waals surface area contributed by atoms with Gasteiger partial charge >= 0.3 is 5.97 Å². The Morgan fingerprint density at radius 1 is 1.24 bits per heavy atom. The van der Waals surface area contributed by atoms with E-state index in [0.29, 0.717) is 12.0 Å². The molecule has 0 fully saturated rings. The number of methoxy groups -OCH3 is 1. The van der Waals surface area contributed by atoms with Crippen molar-refractivity contribution in [3.05, 3.63) is 35.9 Å². The van der Waals surface area contributed by atoms with E-state index >= 15 is 0 Å². The van der Waals surface area contributed by atoms with E-state index in [2.05, 4.69) is 0 Å². The van der Waals surface area contributed by atoms with Gasteiger partial charge in [-0.15, -0.1) is 0 Å². The number of rotatable bonds is 5. The first-order chi connectivity index (χ1) is 10.0. The highest BCUT2D eigenvalue weighted by molar-refractivity contribution is 8.13. The van der Waals surface area contributed by atoms with Crippen LogP contribution in [0.25, 0.3) is 10.8 Å². The monoisotopic (exact) mass is 304 g/mol. The predicted molar refractivity (Wildman–Crippen MR) is 83.0 cm³/mol. The summed E-state index contributed by atoms with van der Waals surface area (Å²) in [7, 11) is 1.59. The molecule has 0 bridgehead atoms. The van der Waals surface area contributed by atoms with Crippen molar-refractivity contribution in [2.45, 2.75) is 24.7 Å². The summed E-state index contributed by atoms with van der Waals surface area (Å²) in [6, 6.07) is 9.18. The largest absolute Gasteiger partial charge is 0.497 e. The molecule has 2 aromatic rings. The summed E-state index contributed by atoms with van der Waals surface area (Å²) >= 11 is 1.11. The van der Waals surface area contributed by atoms with Crippen molar-refractivity contribution in [1.82, 2.24) is 0 Å². The van der Waals surface area contributed by atoms with E-state index in [0.717, 1.165) is 33.2 Å². The van der Waals surface area contributed by atoms with Gasteiger partial charge in [0.05, 0.1) is 13.5 Å². The maximum atomic E-state index is 11.8. The number of hydrogen-bond acceptors (Lipinski definition) is 4. The maximum Gasteiger partial charge on any atom is 0.307 e. The van der Waals surface area contributed by atoms with E-state index in [9.17, 15) is 9.59 Å². The SMILES string of the molecule is CCC(=O)Sc1c(CC(=O)O)ccc2cc(OC)ccc12. The van der Waals surface area contributed by atoms with Crippen LogP contribution in [0.2, 0.25) is 0 Å². The van der Waals surface area contributed by atoms with Crippen LogP contribution in [0.15, 0.2) is 35.2 Å². The molecule has 0 aromatic heterocycles. The zero-order chi connectivity index (χ0) is 15.4. The molecule has 0 amide bonds. The van der Waals surface area contributed by atoms with Gasteiger partial charge in [0, 0.05) is 11.3 Å². The summed E-state index contributed by atoms with van der Waals surface area (Å²) in [5, 5.41) is 10.8. The minimum atomic E-state index is -0.909. The summed E-state index contributed by atoms with van der Waals surface area (Å²) in [5.41, 5.74) is 0.659. The highest BCUT2D eigenvalue weighted by atomic mass is 32.2. The number of carbonyl (C=O) groups excluding carboxylic acids is 1. The van der Waals surface area contributed by atoms with Gasteiger partial charge < -0.3 is 9.84 Å². The van der Waals surface area contributed by atoms with Crippen molar-refractivity contribution in [3.63, 3.8) is 0 Å². The highest BCUT2D eigenvalue weighted by Crippen LogP contribution is 2.34. The van der Waals surface area contributed by atoms with Crippen molar-refractivity contribution in [2.75, 3.05) is 7.11 Å². The van der Waals surface area contributed by atoms with E-state index in [1.165, 1.54) is 0 Å². The van der Waals surface area contributed by atoms with Gasteiger partial charge in [0.25, 0.3) is 0 Å². The van der Waals surface area contributed by atoms with Crippen molar-refractivity contribution in [2.24, 2.45) is 0 Å². The van der Waals surface area contributed by atoms with Crippen molar-refractivity contribution < 1.29 is 19.4 Å². The first-order valence-electron chi connectivity index (χ1n) is 6.57. The summed E-state index contributed by atoms with van der Waals surface area (Å²) < 4.78 is 5.19. The van der Waals surface area contributed by atoms with Crippen LogP contribution in [0.4, 0.5) is 0 Å². The van der Waals surface area contributed by atoms with Crippen LogP contribution < -0.4 is 4.74 Å². The number of aliphatic carboxylic acids is 1. The summed E-state index contributed by atoms with van der Waals surface area (Å²) in [6.07, 6.45) is 0.311. The zero-order valence-corrected chi connectivity index (χ0v) is 12.7. The molecule has 110 valence electrons. The van der Waals surface area contributed by atoms with Crippen molar-refractivity contribution in [3.8, 4) is 5.75 Å². The lowest BCUT2D eigenvalue weighted by molar-refractivity contribution is -0.136. The standard InChI is InChI=1S/C16H16O4S/c1-3-15(19)21-16-11(9-14(17)18)5-4-10-8-12(20-2)6-7-13(10)16/h4-8H,3,9H2,1-2H3,(H,17,18). The van der Waals surface area contributed by atoms with Gasteiger partial charge in [0.15, 0.2) is 5.12 Å². The first-order valence-corrected chi connectivity index (χ1v) is 7.39. The molecule has 0 heterocycles. The number of carboxylic acid groups (broad SMARTS) is 1. The molecule has 0 radical (unpaired) electrons. The summed E-state index contributed by atoms with van der Waals surface area (Å²) in [6.45, 7) is 1.79. The van der Waals surface area contributed by atoms with Crippen LogP contribution in [0.5, 0.6) is 5.75 Å². The third kappa shape index (κ3) is 3.55. The molecule has 0 saturated heterocycles. The Balaban J connectivity index is 2.59. The van der Waals surface area contributed by atoms with Crippen LogP contribution >= 0.6 is 11.8 Å². The molecule has 21 heavy (non-hydrogen) atoms. The van der Waals surface area contributed by atoms with Crippen LogP contribution in [-0.2, 0) is 16.0 Å².